The third kappa shape index (κ3) is 3.03. The minimum absolute atomic E-state index is 0.433. The van der Waals surface area contributed by atoms with Crippen molar-refractivity contribution in [3.63, 3.8) is 0 Å². The van der Waals surface area contributed by atoms with Gasteiger partial charge in [-0.1, -0.05) is 52.4 Å². The molecule has 0 amide bonds. The number of piperazine rings is 1. The molecule has 1 saturated heterocycles. The van der Waals surface area contributed by atoms with Crippen LogP contribution in [0.25, 0.3) is 0 Å². The van der Waals surface area contributed by atoms with Gasteiger partial charge < -0.3 is 5.32 Å². The van der Waals surface area contributed by atoms with Crippen LogP contribution in [0.15, 0.2) is 0 Å². The molecule has 2 nitrogen and oxygen atoms in total. The zero-order valence-electron chi connectivity index (χ0n) is 14.4. The van der Waals surface area contributed by atoms with Gasteiger partial charge in [0.15, 0.2) is 0 Å². The van der Waals surface area contributed by atoms with Crippen LogP contribution < -0.4 is 5.32 Å². The molecule has 0 bridgehead atoms. The van der Waals surface area contributed by atoms with Crippen molar-refractivity contribution in [2.75, 3.05) is 13.1 Å². The maximum Gasteiger partial charge on any atom is 0.0332 e. The van der Waals surface area contributed by atoms with Gasteiger partial charge in [-0.2, -0.15) is 0 Å². The molecule has 1 aliphatic heterocycles. The number of hydrogen-bond donors (Lipinski definition) is 1. The summed E-state index contributed by atoms with van der Waals surface area (Å²) in [5.41, 5.74) is 0.906. The van der Waals surface area contributed by atoms with E-state index in [2.05, 4.69) is 24.1 Å². The SMILES string of the molecule is CCC1(CC)CNC2(CCCC2)CN1C1CCCCCC1. The van der Waals surface area contributed by atoms with Crippen molar-refractivity contribution < 1.29 is 0 Å². The van der Waals surface area contributed by atoms with E-state index in [1.54, 1.807) is 0 Å². The standard InChI is InChI=1S/C19H36N2/c1-3-19(4-2)15-20-18(13-9-10-14-18)16-21(19)17-11-7-5-6-8-12-17/h17,20H,3-16H2,1-2H3. The van der Waals surface area contributed by atoms with Gasteiger partial charge in [0.25, 0.3) is 0 Å². The second-order valence-corrected chi connectivity index (χ2v) is 8.05. The summed E-state index contributed by atoms with van der Waals surface area (Å²) in [5, 5.41) is 4.03. The van der Waals surface area contributed by atoms with E-state index in [-0.39, 0.29) is 0 Å². The van der Waals surface area contributed by atoms with Crippen molar-refractivity contribution in [1.82, 2.24) is 10.2 Å². The smallest absolute Gasteiger partial charge is 0.0332 e. The number of nitrogens with one attached hydrogen (secondary N) is 1. The van der Waals surface area contributed by atoms with Gasteiger partial charge in [-0.15, -0.1) is 0 Å². The Morgan fingerprint density at radius 2 is 1.52 bits per heavy atom. The molecule has 2 heteroatoms. The van der Waals surface area contributed by atoms with Gasteiger partial charge in [0.2, 0.25) is 0 Å². The Kier molecular flexibility index (Phi) is 4.95. The lowest BCUT2D eigenvalue weighted by Gasteiger charge is -2.56. The highest BCUT2D eigenvalue weighted by Crippen LogP contribution is 2.41. The highest BCUT2D eigenvalue weighted by molar-refractivity contribution is 5.08. The number of hydrogen-bond acceptors (Lipinski definition) is 2. The normalized spacial score (nSPS) is 30.6. The van der Waals surface area contributed by atoms with Crippen LogP contribution in [0, 0.1) is 0 Å². The van der Waals surface area contributed by atoms with Gasteiger partial charge in [0, 0.05) is 30.2 Å². The van der Waals surface area contributed by atoms with Crippen LogP contribution in [0.2, 0.25) is 0 Å². The van der Waals surface area contributed by atoms with E-state index in [9.17, 15) is 0 Å². The third-order valence-corrected chi connectivity index (χ3v) is 7.02. The lowest BCUT2D eigenvalue weighted by Crippen LogP contribution is -2.71. The molecule has 0 aromatic rings. The van der Waals surface area contributed by atoms with Gasteiger partial charge in [-0.25, -0.2) is 0 Å². The van der Waals surface area contributed by atoms with E-state index in [1.165, 1.54) is 90.1 Å². The maximum absolute atomic E-state index is 4.03. The van der Waals surface area contributed by atoms with E-state index in [1.807, 2.05) is 0 Å². The summed E-state index contributed by atoms with van der Waals surface area (Å²) in [7, 11) is 0. The number of rotatable bonds is 3. The zero-order valence-corrected chi connectivity index (χ0v) is 14.4. The summed E-state index contributed by atoms with van der Waals surface area (Å²) in [6.45, 7) is 7.40. The first kappa shape index (κ1) is 15.8. The number of nitrogens with zero attached hydrogens (tertiary/aromatic N) is 1. The summed E-state index contributed by atoms with van der Waals surface area (Å²) >= 11 is 0. The molecule has 0 radical (unpaired) electrons. The molecule has 0 aromatic heterocycles. The monoisotopic (exact) mass is 292 g/mol. The van der Waals surface area contributed by atoms with Gasteiger partial charge in [-0.3, -0.25) is 4.90 Å². The largest absolute Gasteiger partial charge is 0.308 e. The van der Waals surface area contributed by atoms with Crippen molar-refractivity contribution in [3.8, 4) is 0 Å². The Bertz CT molecular complexity index is 320. The van der Waals surface area contributed by atoms with Crippen molar-refractivity contribution in [1.29, 1.82) is 0 Å². The first-order chi connectivity index (χ1) is 10.2. The van der Waals surface area contributed by atoms with E-state index < -0.39 is 0 Å². The fraction of sp³-hybridized carbons (Fsp3) is 1.00. The summed E-state index contributed by atoms with van der Waals surface area (Å²) in [6.07, 6.45) is 17.1. The minimum Gasteiger partial charge on any atom is -0.308 e. The van der Waals surface area contributed by atoms with Crippen LogP contribution in [-0.2, 0) is 0 Å². The molecule has 0 atom stereocenters. The van der Waals surface area contributed by atoms with Crippen LogP contribution in [0.3, 0.4) is 0 Å². The topological polar surface area (TPSA) is 15.3 Å². The van der Waals surface area contributed by atoms with Gasteiger partial charge in [0.1, 0.15) is 0 Å². The summed E-state index contributed by atoms with van der Waals surface area (Å²) < 4.78 is 0. The molecule has 3 aliphatic rings. The highest BCUT2D eigenvalue weighted by atomic mass is 15.3. The fourth-order valence-electron chi connectivity index (χ4n) is 5.38. The van der Waals surface area contributed by atoms with E-state index >= 15 is 0 Å². The Hall–Kier alpha value is -0.0800. The Morgan fingerprint density at radius 3 is 2.10 bits per heavy atom. The van der Waals surface area contributed by atoms with Crippen LogP contribution >= 0.6 is 0 Å². The minimum atomic E-state index is 0.433. The maximum atomic E-state index is 4.03. The predicted octanol–water partition coefficient (Wildman–Crippen LogP) is 4.49. The third-order valence-electron chi connectivity index (χ3n) is 7.02. The summed E-state index contributed by atoms with van der Waals surface area (Å²) in [4.78, 5) is 3.01. The van der Waals surface area contributed by atoms with Crippen LogP contribution in [0.1, 0.15) is 90.9 Å². The summed E-state index contributed by atoms with van der Waals surface area (Å²) in [5.74, 6) is 0. The lowest BCUT2D eigenvalue weighted by molar-refractivity contribution is -0.0357. The second-order valence-electron chi connectivity index (χ2n) is 8.05. The summed E-state index contributed by atoms with van der Waals surface area (Å²) in [6, 6.07) is 0.868. The van der Waals surface area contributed by atoms with E-state index in [4.69, 9.17) is 0 Å². The van der Waals surface area contributed by atoms with E-state index in [0.717, 1.165) is 6.04 Å². The molecule has 1 spiro atoms. The average Bonchev–Trinajstić information content (AvgIpc) is 2.81. The molecule has 21 heavy (non-hydrogen) atoms. The van der Waals surface area contributed by atoms with Crippen LogP contribution in [-0.4, -0.2) is 35.1 Å². The quantitative estimate of drug-likeness (QED) is 0.771. The molecular formula is C19H36N2. The first-order valence-electron chi connectivity index (χ1n) is 9.75. The lowest BCUT2D eigenvalue weighted by atomic mass is 9.80. The van der Waals surface area contributed by atoms with Gasteiger partial charge in [-0.05, 0) is 38.5 Å². The first-order valence-corrected chi connectivity index (χ1v) is 9.75. The molecule has 3 fully saturated rings. The molecule has 1 N–H and O–H groups in total. The molecule has 0 unspecified atom stereocenters. The molecule has 3 rings (SSSR count). The molecule has 2 aliphatic carbocycles. The Morgan fingerprint density at radius 1 is 0.905 bits per heavy atom. The Balaban J connectivity index is 1.81. The average molecular weight is 293 g/mol. The van der Waals surface area contributed by atoms with Crippen molar-refractivity contribution in [3.05, 3.63) is 0 Å². The molecule has 1 heterocycles. The van der Waals surface area contributed by atoms with Crippen LogP contribution in [0.5, 0.6) is 0 Å². The van der Waals surface area contributed by atoms with Gasteiger partial charge in [0.05, 0.1) is 0 Å². The molecule has 0 aromatic carbocycles. The van der Waals surface area contributed by atoms with Crippen molar-refractivity contribution in [2.45, 2.75) is 108 Å². The van der Waals surface area contributed by atoms with E-state index in [0.29, 0.717) is 11.1 Å². The second kappa shape index (κ2) is 6.58. The zero-order chi connectivity index (χ0) is 14.8. The van der Waals surface area contributed by atoms with Crippen molar-refractivity contribution >= 4 is 0 Å². The fourth-order valence-corrected chi connectivity index (χ4v) is 5.38. The van der Waals surface area contributed by atoms with Crippen molar-refractivity contribution in [2.24, 2.45) is 0 Å². The highest BCUT2D eigenvalue weighted by Gasteiger charge is 2.48. The molecular weight excluding hydrogens is 256 g/mol. The predicted molar refractivity (Wildman–Crippen MR) is 90.7 cm³/mol. The molecule has 122 valence electrons. The molecule has 2 saturated carbocycles. The van der Waals surface area contributed by atoms with Crippen LogP contribution in [0.4, 0.5) is 0 Å². The Labute approximate surface area is 132 Å². The van der Waals surface area contributed by atoms with Gasteiger partial charge >= 0.3 is 0 Å².